The molecular formula is C9H13N5OS. The number of nitrogens with one attached hydrogen (secondary N) is 1. The molecule has 1 atom stereocenters. The molecule has 2 aromatic heterocycles. The molecule has 0 unspecified atom stereocenters. The van der Waals surface area contributed by atoms with Crippen molar-refractivity contribution >= 4 is 11.8 Å². The molecule has 0 aromatic carbocycles. The smallest absolute Gasteiger partial charge is 0.243 e. The molecule has 3 N–H and O–H groups in total. The number of imidazole rings is 1. The van der Waals surface area contributed by atoms with Crippen LogP contribution in [0.15, 0.2) is 16.9 Å². The van der Waals surface area contributed by atoms with Gasteiger partial charge in [0.15, 0.2) is 5.82 Å². The average molecular weight is 239 g/mol. The lowest BCUT2D eigenvalue weighted by atomic mass is 10.2. The highest BCUT2D eigenvalue weighted by molar-refractivity contribution is 7.98. The molecule has 0 saturated heterocycles. The van der Waals surface area contributed by atoms with E-state index in [1.165, 1.54) is 0 Å². The number of nitrogens with two attached hydrogens (primary N) is 1. The van der Waals surface area contributed by atoms with Crippen LogP contribution in [0.4, 0.5) is 0 Å². The lowest BCUT2D eigenvalue weighted by Gasteiger charge is -2.03. The van der Waals surface area contributed by atoms with Crippen molar-refractivity contribution in [2.75, 3.05) is 12.0 Å². The van der Waals surface area contributed by atoms with Crippen LogP contribution in [0, 0.1) is 0 Å². The molecule has 0 radical (unpaired) electrons. The van der Waals surface area contributed by atoms with Crippen molar-refractivity contribution < 1.29 is 4.52 Å². The highest BCUT2D eigenvalue weighted by Crippen LogP contribution is 2.17. The molecule has 2 rings (SSSR count). The Hall–Kier alpha value is -1.34. The van der Waals surface area contributed by atoms with E-state index in [-0.39, 0.29) is 6.04 Å². The monoisotopic (exact) mass is 239 g/mol. The van der Waals surface area contributed by atoms with Crippen LogP contribution in [0.25, 0.3) is 11.6 Å². The van der Waals surface area contributed by atoms with Gasteiger partial charge in [0.2, 0.25) is 11.7 Å². The van der Waals surface area contributed by atoms with Crippen LogP contribution in [0.5, 0.6) is 0 Å². The molecule has 86 valence electrons. The summed E-state index contributed by atoms with van der Waals surface area (Å²) in [4.78, 5) is 11.1. The van der Waals surface area contributed by atoms with Gasteiger partial charge in [0, 0.05) is 12.4 Å². The van der Waals surface area contributed by atoms with Gasteiger partial charge in [0.05, 0.1) is 6.04 Å². The second-order valence-corrected chi connectivity index (χ2v) is 4.27. The highest BCUT2D eigenvalue weighted by Gasteiger charge is 2.16. The largest absolute Gasteiger partial charge is 0.342 e. The average Bonchev–Trinajstić information content (AvgIpc) is 2.94. The van der Waals surface area contributed by atoms with E-state index in [1.807, 2.05) is 6.26 Å². The lowest BCUT2D eigenvalue weighted by Crippen LogP contribution is -2.11. The molecule has 0 fully saturated rings. The van der Waals surface area contributed by atoms with Crippen molar-refractivity contribution in [1.29, 1.82) is 0 Å². The molecule has 0 bridgehead atoms. The maximum absolute atomic E-state index is 5.91. The van der Waals surface area contributed by atoms with E-state index in [1.54, 1.807) is 24.2 Å². The number of hydrogen-bond acceptors (Lipinski definition) is 6. The molecule has 16 heavy (non-hydrogen) atoms. The second-order valence-electron chi connectivity index (χ2n) is 3.28. The van der Waals surface area contributed by atoms with Crippen LogP contribution in [-0.4, -0.2) is 32.1 Å². The van der Waals surface area contributed by atoms with Crippen LogP contribution in [0.1, 0.15) is 18.4 Å². The normalized spacial score (nSPS) is 12.9. The molecule has 2 aromatic rings. The zero-order chi connectivity index (χ0) is 11.4. The zero-order valence-corrected chi connectivity index (χ0v) is 9.70. The quantitative estimate of drug-likeness (QED) is 0.814. The Kier molecular flexibility index (Phi) is 3.58. The van der Waals surface area contributed by atoms with Gasteiger partial charge in [-0.25, -0.2) is 4.98 Å². The molecular weight excluding hydrogens is 226 g/mol. The third kappa shape index (κ3) is 2.42. The third-order valence-corrected chi connectivity index (χ3v) is 2.75. The fourth-order valence-corrected chi connectivity index (χ4v) is 1.73. The van der Waals surface area contributed by atoms with E-state index in [2.05, 4.69) is 20.1 Å². The van der Waals surface area contributed by atoms with E-state index in [4.69, 9.17) is 10.3 Å². The fourth-order valence-electron chi connectivity index (χ4n) is 1.24. The predicted molar refractivity (Wildman–Crippen MR) is 61.8 cm³/mol. The fraction of sp³-hybridized carbons (Fsp3) is 0.444. The third-order valence-electron chi connectivity index (χ3n) is 2.10. The highest BCUT2D eigenvalue weighted by atomic mass is 32.2. The summed E-state index contributed by atoms with van der Waals surface area (Å²) in [6, 6.07) is -0.205. The molecule has 7 heteroatoms. The summed E-state index contributed by atoms with van der Waals surface area (Å²) in [5.74, 6) is 2.46. The maximum Gasteiger partial charge on any atom is 0.243 e. The molecule has 0 aliphatic rings. The summed E-state index contributed by atoms with van der Waals surface area (Å²) in [7, 11) is 0. The van der Waals surface area contributed by atoms with E-state index >= 15 is 0 Å². The minimum Gasteiger partial charge on any atom is -0.342 e. The summed E-state index contributed by atoms with van der Waals surface area (Å²) in [6.45, 7) is 0. The van der Waals surface area contributed by atoms with Crippen LogP contribution in [0.3, 0.4) is 0 Å². The minimum absolute atomic E-state index is 0.205. The van der Waals surface area contributed by atoms with E-state index < -0.39 is 0 Å². The molecule has 0 saturated carbocycles. The summed E-state index contributed by atoms with van der Waals surface area (Å²) in [5.41, 5.74) is 5.91. The van der Waals surface area contributed by atoms with E-state index in [9.17, 15) is 0 Å². The first-order valence-electron chi connectivity index (χ1n) is 4.89. The lowest BCUT2D eigenvalue weighted by molar-refractivity contribution is 0.353. The maximum atomic E-state index is 5.91. The molecule has 0 amide bonds. The number of rotatable bonds is 5. The second kappa shape index (κ2) is 5.13. The summed E-state index contributed by atoms with van der Waals surface area (Å²) < 4.78 is 5.09. The summed E-state index contributed by atoms with van der Waals surface area (Å²) in [5, 5.41) is 3.82. The summed E-state index contributed by atoms with van der Waals surface area (Å²) in [6.07, 6.45) is 6.20. The van der Waals surface area contributed by atoms with Gasteiger partial charge in [-0.1, -0.05) is 5.16 Å². The van der Waals surface area contributed by atoms with Crippen molar-refractivity contribution in [1.82, 2.24) is 20.1 Å². The summed E-state index contributed by atoms with van der Waals surface area (Å²) >= 11 is 1.74. The standard InChI is InChI=1S/C9H13N5OS/c1-16-5-2-6(10)9-13-8(14-15-9)7-11-3-4-12-7/h3-4,6H,2,5,10H2,1H3,(H,11,12)/t6-/m0/s1. The first-order valence-corrected chi connectivity index (χ1v) is 6.28. The van der Waals surface area contributed by atoms with Gasteiger partial charge < -0.3 is 15.2 Å². The van der Waals surface area contributed by atoms with Gasteiger partial charge in [-0.2, -0.15) is 16.7 Å². The first-order chi connectivity index (χ1) is 7.81. The van der Waals surface area contributed by atoms with Gasteiger partial charge in [0.1, 0.15) is 0 Å². The van der Waals surface area contributed by atoms with Crippen molar-refractivity contribution in [2.24, 2.45) is 5.73 Å². The van der Waals surface area contributed by atoms with Gasteiger partial charge in [-0.3, -0.25) is 0 Å². The van der Waals surface area contributed by atoms with Crippen LogP contribution >= 0.6 is 11.8 Å². The number of H-pyrrole nitrogens is 1. The van der Waals surface area contributed by atoms with Gasteiger partial charge in [-0.05, 0) is 18.4 Å². The van der Waals surface area contributed by atoms with Crippen LogP contribution in [0.2, 0.25) is 0 Å². The topological polar surface area (TPSA) is 93.6 Å². The van der Waals surface area contributed by atoms with E-state index in [0.717, 1.165) is 12.2 Å². The van der Waals surface area contributed by atoms with Crippen molar-refractivity contribution in [3.8, 4) is 11.6 Å². The van der Waals surface area contributed by atoms with Gasteiger partial charge >= 0.3 is 0 Å². The molecule has 0 aliphatic carbocycles. The Morgan fingerprint density at radius 1 is 1.62 bits per heavy atom. The SMILES string of the molecule is CSCC[C@H](N)c1nc(-c2ncc[nH]2)no1. The predicted octanol–water partition coefficient (Wildman–Crippen LogP) is 1.21. The van der Waals surface area contributed by atoms with E-state index in [0.29, 0.717) is 17.5 Å². The zero-order valence-electron chi connectivity index (χ0n) is 8.88. The first kappa shape index (κ1) is 11.2. The van der Waals surface area contributed by atoms with Crippen molar-refractivity contribution in [3.05, 3.63) is 18.3 Å². The van der Waals surface area contributed by atoms with Gasteiger partial charge in [-0.15, -0.1) is 0 Å². The van der Waals surface area contributed by atoms with Gasteiger partial charge in [0.25, 0.3) is 0 Å². The molecule has 6 nitrogen and oxygen atoms in total. The molecule has 0 spiro atoms. The Morgan fingerprint density at radius 2 is 2.50 bits per heavy atom. The van der Waals surface area contributed by atoms with Crippen molar-refractivity contribution in [3.63, 3.8) is 0 Å². The van der Waals surface area contributed by atoms with Crippen LogP contribution < -0.4 is 5.73 Å². The number of thioether (sulfide) groups is 1. The Bertz CT molecular complexity index is 427. The minimum atomic E-state index is -0.205. The molecule has 2 heterocycles. The number of aromatic nitrogens is 4. The Morgan fingerprint density at radius 3 is 3.19 bits per heavy atom. The number of aromatic amines is 1. The number of hydrogen-bond donors (Lipinski definition) is 2. The Labute approximate surface area is 97.0 Å². The number of nitrogens with zero attached hydrogens (tertiary/aromatic N) is 3. The Balaban J connectivity index is 2.07. The van der Waals surface area contributed by atoms with Crippen molar-refractivity contribution in [2.45, 2.75) is 12.5 Å². The molecule has 0 aliphatic heterocycles. The van der Waals surface area contributed by atoms with Crippen LogP contribution in [-0.2, 0) is 0 Å².